The molecular weight excluding hydrogens is 844 g/mol. The first kappa shape index (κ1) is 50.7. The molecule has 0 unspecified atom stereocenters. The molecule has 3 N–H and O–H groups in total. The molecule has 0 bridgehead atoms. The van der Waals surface area contributed by atoms with Crippen LogP contribution in [0.15, 0.2) is 73.3 Å². The minimum atomic E-state index is -1.08. The Kier molecular flexibility index (Phi) is 27.2. The summed E-state index contributed by atoms with van der Waals surface area (Å²) in [7, 11) is 1.82. The van der Waals surface area contributed by atoms with Crippen LogP contribution >= 0.6 is 24.4 Å². The molecule has 4 aromatic heterocycles. The summed E-state index contributed by atoms with van der Waals surface area (Å²) in [6.45, 7) is 2.96. The number of carboxylic acid groups (broad SMARTS) is 3. The Morgan fingerprint density at radius 3 is 1.14 bits per heavy atom. The summed E-state index contributed by atoms with van der Waals surface area (Å²) in [5.41, 5.74) is 2.37. The molecule has 0 aliphatic heterocycles. The van der Waals surface area contributed by atoms with Crippen molar-refractivity contribution in [2.75, 3.05) is 13.6 Å². The van der Waals surface area contributed by atoms with Gasteiger partial charge < -0.3 is 31.0 Å². The maximum absolute atomic E-state index is 12.8. The number of nitrogens with zero attached hydrogens (tertiary/aromatic N) is 7. The third-order valence-corrected chi connectivity index (χ3v) is 7.75. The fraction of sp³-hybridized carbons (Fsp3) is 0.333. The van der Waals surface area contributed by atoms with Gasteiger partial charge in [-0.1, -0.05) is 89.1 Å². The Morgan fingerprint density at radius 1 is 0.571 bits per heavy atom. The van der Waals surface area contributed by atoms with Crippen molar-refractivity contribution in [3.05, 3.63) is 106 Å². The van der Waals surface area contributed by atoms with Gasteiger partial charge >= 0.3 is 37.4 Å². The molecule has 296 valence electrons. The van der Waals surface area contributed by atoms with Crippen LogP contribution < -0.4 is 0 Å². The third kappa shape index (κ3) is 19.9. The van der Waals surface area contributed by atoms with Gasteiger partial charge in [-0.15, -0.1) is 0 Å². The van der Waals surface area contributed by atoms with Crippen LogP contribution in [0.2, 0.25) is 0 Å². The van der Waals surface area contributed by atoms with Gasteiger partial charge in [0.1, 0.15) is 0 Å². The SMILES string of the molecule is CCCCCCCCCCCCN(C)C(=O)c1ccnc(-c2cc(C(=O)O)ccn2)c1.O=C(O)c1ccnc(-c2cc(C(=O)O)ccn2)c1.[N-]=C=S.[N-]=C=S.[Ru+2]. The zero-order chi connectivity index (χ0) is 41.0. The Labute approximate surface area is 349 Å². The monoisotopic (exact) mass is 887 g/mol. The molecule has 56 heavy (non-hydrogen) atoms. The molecule has 0 saturated heterocycles. The Bertz CT molecular complexity index is 1850. The zero-order valence-electron chi connectivity index (χ0n) is 31.0. The van der Waals surface area contributed by atoms with Crippen molar-refractivity contribution >= 4 is 58.6 Å². The topological polar surface area (TPSA) is 228 Å². The Morgan fingerprint density at radius 2 is 0.839 bits per heavy atom. The molecule has 4 aromatic rings. The van der Waals surface area contributed by atoms with Gasteiger partial charge in [-0.3, -0.25) is 24.7 Å². The van der Waals surface area contributed by atoms with Gasteiger partial charge in [-0.25, -0.2) is 14.4 Å². The second-order valence-corrected chi connectivity index (χ2v) is 12.1. The van der Waals surface area contributed by atoms with E-state index in [9.17, 15) is 19.2 Å². The zero-order valence-corrected chi connectivity index (χ0v) is 34.4. The molecule has 0 spiro atoms. The smallest absolute Gasteiger partial charge is 0.753 e. The number of pyridine rings is 4. The molecule has 0 aliphatic rings. The number of carbonyl (C=O) groups excluding carboxylic acids is 1. The van der Waals surface area contributed by atoms with Crippen LogP contribution in [0.1, 0.15) is 113 Å². The van der Waals surface area contributed by atoms with Crippen molar-refractivity contribution in [3.8, 4) is 22.8 Å². The Hall–Kier alpha value is -5.30. The van der Waals surface area contributed by atoms with Gasteiger partial charge in [-0.2, -0.15) is 10.3 Å². The van der Waals surface area contributed by atoms with E-state index in [-0.39, 0.29) is 42.1 Å². The van der Waals surface area contributed by atoms with E-state index in [0.717, 1.165) is 19.4 Å². The van der Waals surface area contributed by atoms with Crippen LogP contribution in [0.3, 0.4) is 0 Å². The normalized spacial score (nSPS) is 9.46. The van der Waals surface area contributed by atoms with Crippen molar-refractivity contribution in [1.82, 2.24) is 24.8 Å². The summed E-state index contributed by atoms with van der Waals surface area (Å²) in [6, 6.07) is 11.6. The van der Waals surface area contributed by atoms with Crippen LogP contribution in [-0.4, -0.2) is 87.9 Å². The molecule has 0 fully saturated rings. The summed E-state index contributed by atoms with van der Waals surface area (Å²) in [5.74, 6) is -3.23. The minimum Gasteiger partial charge on any atom is -0.753 e. The third-order valence-electron chi connectivity index (χ3n) is 7.75. The number of hydrogen-bond acceptors (Lipinski definition) is 10. The molecular formula is C39H43N7O7RuS2. The van der Waals surface area contributed by atoms with E-state index in [1.807, 2.05) is 7.05 Å². The first-order chi connectivity index (χ1) is 26.4. The summed E-state index contributed by atoms with van der Waals surface area (Å²) >= 11 is 7.40. The standard InChI is InChI=1S/C25H35N3O3.C12H8N2O4.2CNS.Ru/c1-3-4-5-6-7-8-9-10-11-12-17-28(2)24(29)20-13-15-26-22(18-20)23-19-21(25(30)31)14-16-27-23;15-11(16)7-1-3-13-9(5-7)10-6-8(12(17)18)2-4-14-10;2*2-1-3;/h13-16,18-19H,3-12,17H2,1-2H3,(H,30,31);1-6H,(H,15,16)(H,17,18);;;/q;;2*-1;+2. The number of isothiocyanates is 2. The molecule has 14 nitrogen and oxygen atoms in total. The molecule has 0 radical (unpaired) electrons. The second kappa shape index (κ2) is 30.0. The first-order valence-electron chi connectivity index (χ1n) is 17.3. The van der Waals surface area contributed by atoms with Crippen molar-refractivity contribution < 1.29 is 54.0 Å². The summed E-state index contributed by atoms with van der Waals surface area (Å²) in [6.07, 6.45) is 18.3. The largest absolute Gasteiger partial charge is 2.00 e. The van der Waals surface area contributed by atoms with E-state index in [0.29, 0.717) is 28.3 Å². The molecule has 4 rings (SSSR count). The van der Waals surface area contributed by atoms with Crippen molar-refractivity contribution in [1.29, 1.82) is 0 Å². The number of amides is 1. The van der Waals surface area contributed by atoms with Crippen LogP contribution in [-0.2, 0) is 19.5 Å². The van der Waals surface area contributed by atoms with Gasteiger partial charge in [0.05, 0.1) is 39.5 Å². The second-order valence-electron chi connectivity index (χ2n) is 11.7. The number of carboxylic acids is 3. The first-order valence-corrected chi connectivity index (χ1v) is 18.1. The van der Waals surface area contributed by atoms with Crippen LogP contribution in [0, 0.1) is 0 Å². The number of thiocarbonyl (C=S) groups is 2. The average Bonchev–Trinajstić information content (AvgIpc) is 3.19. The fourth-order valence-electron chi connectivity index (χ4n) is 4.97. The number of rotatable bonds is 17. The van der Waals surface area contributed by atoms with E-state index >= 15 is 0 Å². The molecule has 1 amide bonds. The van der Waals surface area contributed by atoms with Crippen LogP contribution in [0.4, 0.5) is 0 Å². The van der Waals surface area contributed by atoms with Gasteiger partial charge in [-0.05, 0) is 55.0 Å². The minimum absolute atomic E-state index is 0. The number of hydrogen-bond donors (Lipinski definition) is 3. The number of carbonyl (C=O) groups is 4. The molecule has 17 heteroatoms. The fourth-order valence-corrected chi connectivity index (χ4v) is 4.97. The van der Waals surface area contributed by atoms with Crippen molar-refractivity contribution in [3.63, 3.8) is 0 Å². The number of aromatic nitrogens is 4. The predicted octanol–water partition coefficient (Wildman–Crippen LogP) is 8.69. The predicted molar refractivity (Wildman–Crippen MR) is 217 cm³/mol. The van der Waals surface area contributed by atoms with Gasteiger partial charge in [0.2, 0.25) is 0 Å². The number of unbranched alkanes of at least 4 members (excludes halogenated alkanes) is 9. The van der Waals surface area contributed by atoms with Gasteiger partial charge in [0, 0.05) is 43.9 Å². The van der Waals surface area contributed by atoms with Crippen LogP contribution in [0.25, 0.3) is 33.6 Å². The maximum Gasteiger partial charge on any atom is 2.00 e. The summed E-state index contributed by atoms with van der Waals surface area (Å²) in [5, 5.41) is 43.8. The van der Waals surface area contributed by atoms with E-state index in [4.69, 9.17) is 26.1 Å². The quantitative estimate of drug-likeness (QED) is 0.0391. The van der Waals surface area contributed by atoms with Crippen LogP contribution in [0.5, 0.6) is 0 Å². The van der Waals surface area contributed by atoms with E-state index < -0.39 is 17.9 Å². The molecule has 4 heterocycles. The molecule has 0 aromatic carbocycles. The number of aromatic carboxylic acids is 3. The molecule has 0 saturated carbocycles. The summed E-state index contributed by atoms with van der Waals surface area (Å²) in [4.78, 5) is 63.7. The molecule has 0 aliphatic carbocycles. The summed E-state index contributed by atoms with van der Waals surface area (Å²) < 4.78 is 0. The Balaban J connectivity index is 0.00000102. The van der Waals surface area contributed by atoms with Crippen molar-refractivity contribution in [2.24, 2.45) is 0 Å². The molecule has 0 atom stereocenters. The van der Waals surface area contributed by atoms with Gasteiger partial charge in [0.15, 0.2) is 0 Å². The van der Waals surface area contributed by atoms with E-state index in [1.165, 1.54) is 117 Å². The average molecular weight is 887 g/mol. The maximum atomic E-state index is 12.8. The van der Waals surface area contributed by atoms with Crippen molar-refractivity contribution in [2.45, 2.75) is 71.1 Å². The van der Waals surface area contributed by atoms with E-state index in [2.05, 4.69) is 51.3 Å². The van der Waals surface area contributed by atoms with Gasteiger partial charge in [0.25, 0.3) is 5.91 Å². The van der Waals surface area contributed by atoms with E-state index in [1.54, 1.807) is 23.2 Å².